The second-order valence-corrected chi connectivity index (χ2v) is 13.0. The molecule has 0 unspecified atom stereocenters. The van der Waals surface area contributed by atoms with Gasteiger partial charge in [-0.1, -0.05) is 156 Å². The number of esters is 3. The first kappa shape index (κ1) is 41.4. The van der Waals surface area contributed by atoms with E-state index in [4.69, 9.17) is 14.2 Å². The molecule has 0 N–H and O–H groups in total. The van der Waals surface area contributed by atoms with Crippen LogP contribution in [0.2, 0.25) is 0 Å². The van der Waals surface area contributed by atoms with Crippen molar-refractivity contribution < 1.29 is 28.6 Å². The van der Waals surface area contributed by atoms with E-state index < -0.39 is 6.10 Å². The first-order valence-corrected chi connectivity index (χ1v) is 18.4. The van der Waals surface area contributed by atoms with E-state index in [0.29, 0.717) is 19.3 Å². The van der Waals surface area contributed by atoms with E-state index in [1.165, 1.54) is 83.5 Å². The van der Waals surface area contributed by atoms with Crippen LogP contribution in [0, 0.1) is 5.92 Å². The molecule has 0 radical (unpaired) electrons. The molecule has 0 aromatic heterocycles. The van der Waals surface area contributed by atoms with E-state index >= 15 is 0 Å². The predicted molar refractivity (Wildman–Crippen MR) is 178 cm³/mol. The number of ether oxygens (including phenoxy) is 3. The van der Waals surface area contributed by atoms with Crippen LogP contribution in [0.5, 0.6) is 0 Å². The van der Waals surface area contributed by atoms with Crippen LogP contribution >= 0.6 is 0 Å². The highest BCUT2D eigenvalue weighted by Gasteiger charge is 2.19. The average molecular weight is 611 g/mol. The van der Waals surface area contributed by atoms with Gasteiger partial charge < -0.3 is 14.2 Å². The molecular formula is C37H70O6. The summed E-state index contributed by atoms with van der Waals surface area (Å²) in [5, 5.41) is 0. The molecule has 0 saturated carbocycles. The fraction of sp³-hybridized carbons (Fsp3) is 0.919. The second kappa shape index (κ2) is 31.8. The maximum absolute atomic E-state index is 12.5. The van der Waals surface area contributed by atoms with E-state index in [9.17, 15) is 14.4 Å². The lowest BCUT2D eigenvalue weighted by Crippen LogP contribution is -2.30. The predicted octanol–water partition coefficient (Wildman–Crippen LogP) is 10.8. The molecule has 0 amide bonds. The molecule has 0 aromatic rings. The largest absolute Gasteiger partial charge is 0.462 e. The summed E-state index contributed by atoms with van der Waals surface area (Å²) < 4.78 is 16.5. The van der Waals surface area contributed by atoms with Crippen molar-refractivity contribution in [2.75, 3.05) is 13.2 Å². The standard InChI is InChI=1S/C37H70O6/c1-5-7-9-11-12-13-14-17-21-25-29-36(39)42-32-34(31-41-35(38)28-24-19-10-8-6-2)43-37(40)30-26-22-18-15-16-20-23-27-33(3)4/h33-34H,5-32H2,1-4H3/t34-/m1/s1. The molecule has 0 saturated heterocycles. The first-order chi connectivity index (χ1) is 20.9. The number of hydrogen-bond acceptors (Lipinski definition) is 6. The van der Waals surface area contributed by atoms with Gasteiger partial charge in [-0.25, -0.2) is 0 Å². The van der Waals surface area contributed by atoms with Crippen LogP contribution in [0.4, 0.5) is 0 Å². The molecule has 6 heteroatoms. The van der Waals surface area contributed by atoms with Gasteiger partial charge in [0.15, 0.2) is 6.10 Å². The van der Waals surface area contributed by atoms with E-state index in [1.807, 2.05) is 0 Å². The summed E-state index contributed by atoms with van der Waals surface area (Å²) in [7, 11) is 0. The van der Waals surface area contributed by atoms with Gasteiger partial charge >= 0.3 is 17.9 Å². The molecule has 0 aliphatic heterocycles. The Kier molecular flexibility index (Phi) is 30.6. The Morgan fingerprint density at radius 2 is 0.767 bits per heavy atom. The highest BCUT2D eigenvalue weighted by molar-refractivity contribution is 5.71. The fourth-order valence-corrected chi connectivity index (χ4v) is 5.21. The smallest absolute Gasteiger partial charge is 0.306 e. The van der Waals surface area contributed by atoms with Gasteiger partial charge in [-0.2, -0.15) is 0 Å². The third-order valence-corrected chi connectivity index (χ3v) is 8.04. The van der Waals surface area contributed by atoms with E-state index in [-0.39, 0.29) is 31.1 Å². The molecular weight excluding hydrogens is 540 g/mol. The molecule has 6 nitrogen and oxygen atoms in total. The second-order valence-electron chi connectivity index (χ2n) is 13.0. The highest BCUT2D eigenvalue weighted by atomic mass is 16.6. The van der Waals surface area contributed by atoms with Gasteiger partial charge in [-0.05, 0) is 25.2 Å². The summed E-state index contributed by atoms with van der Waals surface area (Å²) in [6.07, 6.45) is 26.9. The number of unbranched alkanes of at least 4 members (excludes halogenated alkanes) is 19. The third kappa shape index (κ3) is 31.6. The van der Waals surface area contributed by atoms with Gasteiger partial charge in [-0.3, -0.25) is 14.4 Å². The Hall–Kier alpha value is -1.59. The zero-order valence-corrected chi connectivity index (χ0v) is 28.9. The lowest BCUT2D eigenvalue weighted by molar-refractivity contribution is -0.167. The Bertz CT molecular complexity index is 647. The van der Waals surface area contributed by atoms with Crippen LogP contribution in [0.25, 0.3) is 0 Å². The van der Waals surface area contributed by atoms with Crippen LogP contribution in [-0.4, -0.2) is 37.2 Å². The minimum absolute atomic E-state index is 0.0670. The minimum Gasteiger partial charge on any atom is -0.462 e. The number of rotatable bonds is 32. The molecule has 0 fully saturated rings. The van der Waals surface area contributed by atoms with Crippen LogP contribution in [-0.2, 0) is 28.6 Å². The normalized spacial score (nSPS) is 11.9. The van der Waals surface area contributed by atoms with Crippen molar-refractivity contribution in [2.24, 2.45) is 5.92 Å². The molecule has 0 aliphatic carbocycles. The van der Waals surface area contributed by atoms with Crippen molar-refractivity contribution in [3.8, 4) is 0 Å². The molecule has 0 aromatic carbocycles. The van der Waals surface area contributed by atoms with Crippen molar-refractivity contribution >= 4 is 17.9 Å². The number of carbonyl (C=O) groups is 3. The Labute approximate surface area is 266 Å². The van der Waals surface area contributed by atoms with Crippen LogP contribution < -0.4 is 0 Å². The van der Waals surface area contributed by atoms with Crippen molar-refractivity contribution in [1.82, 2.24) is 0 Å². The van der Waals surface area contributed by atoms with Gasteiger partial charge in [0.05, 0.1) is 0 Å². The average Bonchev–Trinajstić information content (AvgIpc) is 2.98. The van der Waals surface area contributed by atoms with Crippen molar-refractivity contribution in [3.05, 3.63) is 0 Å². The summed E-state index contributed by atoms with van der Waals surface area (Å²) in [6, 6.07) is 0. The van der Waals surface area contributed by atoms with E-state index in [1.54, 1.807) is 0 Å². The Morgan fingerprint density at radius 3 is 1.14 bits per heavy atom. The number of carbonyl (C=O) groups excluding carboxylic acids is 3. The summed E-state index contributed by atoms with van der Waals surface area (Å²) in [4.78, 5) is 37.1. The zero-order valence-electron chi connectivity index (χ0n) is 28.9. The van der Waals surface area contributed by atoms with Crippen LogP contribution in [0.15, 0.2) is 0 Å². The monoisotopic (exact) mass is 611 g/mol. The lowest BCUT2D eigenvalue weighted by Gasteiger charge is -2.18. The van der Waals surface area contributed by atoms with Crippen molar-refractivity contribution in [3.63, 3.8) is 0 Å². The Morgan fingerprint density at radius 1 is 0.442 bits per heavy atom. The van der Waals surface area contributed by atoms with Gasteiger partial charge in [0.25, 0.3) is 0 Å². The fourth-order valence-electron chi connectivity index (χ4n) is 5.21. The van der Waals surface area contributed by atoms with Crippen LogP contribution in [0.3, 0.4) is 0 Å². The van der Waals surface area contributed by atoms with E-state index in [0.717, 1.165) is 70.1 Å². The van der Waals surface area contributed by atoms with E-state index in [2.05, 4.69) is 27.7 Å². The summed E-state index contributed by atoms with van der Waals surface area (Å²) in [6.45, 7) is 8.81. The molecule has 0 heterocycles. The molecule has 254 valence electrons. The zero-order chi connectivity index (χ0) is 31.8. The SMILES string of the molecule is CCCCCCCCCCCCC(=O)OC[C@@H](COC(=O)CCCCCCC)OC(=O)CCCCCCCCCC(C)C. The maximum atomic E-state index is 12.5. The Balaban J connectivity index is 4.30. The number of hydrogen-bond donors (Lipinski definition) is 0. The molecule has 1 atom stereocenters. The minimum atomic E-state index is -0.755. The van der Waals surface area contributed by atoms with Gasteiger partial charge in [-0.15, -0.1) is 0 Å². The topological polar surface area (TPSA) is 78.9 Å². The molecule has 0 bridgehead atoms. The third-order valence-electron chi connectivity index (χ3n) is 8.04. The maximum Gasteiger partial charge on any atom is 0.306 e. The quantitative estimate of drug-likeness (QED) is 0.0428. The first-order valence-electron chi connectivity index (χ1n) is 18.4. The summed E-state index contributed by atoms with van der Waals surface area (Å²) >= 11 is 0. The van der Waals surface area contributed by atoms with Crippen molar-refractivity contribution in [1.29, 1.82) is 0 Å². The summed E-state index contributed by atoms with van der Waals surface area (Å²) in [5.74, 6) is -0.107. The lowest BCUT2D eigenvalue weighted by atomic mass is 10.0. The van der Waals surface area contributed by atoms with Gasteiger partial charge in [0.1, 0.15) is 13.2 Å². The van der Waals surface area contributed by atoms with Gasteiger partial charge in [0, 0.05) is 19.3 Å². The molecule has 0 spiro atoms. The molecule has 43 heavy (non-hydrogen) atoms. The van der Waals surface area contributed by atoms with Crippen molar-refractivity contribution in [2.45, 2.75) is 201 Å². The summed E-state index contributed by atoms with van der Waals surface area (Å²) in [5.41, 5.74) is 0. The molecule has 0 rings (SSSR count). The highest BCUT2D eigenvalue weighted by Crippen LogP contribution is 2.14. The van der Waals surface area contributed by atoms with Gasteiger partial charge in [0.2, 0.25) is 0 Å². The molecule has 0 aliphatic rings. The van der Waals surface area contributed by atoms with Crippen LogP contribution in [0.1, 0.15) is 195 Å².